The third kappa shape index (κ3) is 3.56. The first-order valence-electron chi connectivity index (χ1n) is 5.75. The molecule has 0 bridgehead atoms. The highest BCUT2D eigenvalue weighted by Gasteiger charge is 2.24. The van der Waals surface area contributed by atoms with Gasteiger partial charge in [0.25, 0.3) is 0 Å². The number of anilines is 2. The molecule has 0 aliphatic carbocycles. The van der Waals surface area contributed by atoms with Crippen LogP contribution in [0.25, 0.3) is 0 Å². The van der Waals surface area contributed by atoms with Crippen LogP contribution in [0.3, 0.4) is 0 Å². The van der Waals surface area contributed by atoms with Gasteiger partial charge in [-0.25, -0.2) is 8.42 Å². The van der Waals surface area contributed by atoms with E-state index in [2.05, 4.69) is 9.69 Å². The monoisotopic (exact) mass is 293 g/mol. The summed E-state index contributed by atoms with van der Waals surface area (Å²) in [4.78, 5) is 0.0967. The van der Waals surface area contributed by atoms with Crippen molar-refractivity contribution in [3.63, 3.8) is 0 Å². The van der Waals surface area contributed by atoms with E-state index >= 15 is 0 Å². The van der Waals surface area contributed by atoms with E-state index in [1.165, 1.54) is 0 Å². The zero-order valence-electron chi connectivity index (χ0n) is 10.5. The van der Waals surface area contributed by atoms with Crippen molar-refractivity contribution >= 4 is 32.2 Å². The lowest BCUT2D eigenvalue weighted by Gasteiger charge is -2.10. The van der Waals surface area contributed by atoms with Gasteiger partial charge in [-0.2, -0.15) is 4.37 Å². The number of nitrogen functional groups attached to an aromatic ring is 1. The van der Waals surface area contributed by atoms with E-state index in [9.17, 15) is 8.42 Å². The minimum atomic E-state index is -3.39. The fraction of sp³-hybridized carbons (Fsp3) is 0.700. The van der Waals surface area contributed by atoms with Crippen molar-refractivity contribution in [1.82, 2.24) is 4.37 Å². The van der Waals surface area contributed by atoms with Gasteiger partial charge in [0, 0.05) is 13.2 Å². The summed E-state index contributed by atoms with van der Waals surface area (Å²) in [6, 6.07) is 0. The molecule has 104 valence electrons. The highest BCUT2D eigenvalue weighted by molar-refractivity contribution is 7.91. The molecule has 18 heavy (non-hydrogen) atoms. The number of nitrogens with one attached hydrogen (secondary N) is 1. The van der Waals surface area contributed by atoms with Gasteiger partial charge >= 0.3 is 0 Å². The van der Waals surface area contributed by atoms with Crippen LogP contribution in [0, 0.1) is 5.92 Å². The third-order valence-corrected chi connectivity index (χ3v) is 5.31. The summed E-state index contributed by atoms with van der Waals surface area (Å²) in [5, 5.41) is 12.4. The zero-order valence-corrected chi connectivity index (χ0v) is 12.1. The van der Waals surface area contributed by atoms with Gasteiger partial charge < -0.3 is 16.2 Å². The molecule has 0 amide bonds. The largest absolute Gasteiger partial charge is 0.396 e. The molecular formula is C10H19N3O3S2. The van der Waals surface area contributed by atoms with Gasteiger partial charge in [-0.3, -0.25) is 0 Å². The van der Waals surface area contributed by atoms with E-state index in [1.807, 2.05) is 6.92 Å². The average Bonchev–Trinajstić information content (AvgIpc) is 2.68. The highest BCUT2D eigenvalue weighted by Crippen LogP contribution is 2.32. The Morgan fingerprint density at radius 1 is 1.56 bits per heavy atom. The molecule has 0 radical (unpaired) electrons. The first kappa shape index (κ1) is 15.2. The number of aromatic nitrogens is 1. The maximum atomic E-state index is 12.0. The molecule has 0 spiro atoms. The van der Waals surface area contributed by atoms with E-state index in [0.717, 1.165) is 11.5 Å². The molecule has 1 heterocycles. The number of hydrogen-bond acceptors (Lipinski definition) is 7. The topological polar surface area (TPSA) is 105 Å². The third-order valence-electron chi connectivity index (χ3n) is 2.38. The molecule has 1 aromatic rings. The van der Waals surface area contributed by atoms with Gasteiger partial charge in [-0.05, 0) is 23.9 Å². The Kier molecular flexibility index (Phi) is 5.36. The number of aliphatic hydroxyl groups is 1. The number of nitrogens with two attached hydrogens (primary N) is 1. The van der Waals surface area contributed by atoms with Gasteiger partial charge in [0.2, 0.25) is 0 Å². The van der Waals surface area contributed by atoms with Crippen molar-refractivity contribution in [3.05, 3.63) is 0 Å². The Bertz CT molecular complexity index is 485. The Labute approximate surface area is 111 Å². The summed E-state index contributed by atoms with van der Waals surface area (Å²) >= 11 is 1.03. The Balaban J connectivity index is 2.95. The van der Waals surface area contributed by atoms with Crippen LogP contribution >= 0.6 is 11.5 Å². The minimum Gasteiger partial charge on any atom is -0.396 e. The molecule has 0 saturated heterocycles. The van der Waals surface area contributed by atoms with Gasteiger partial charge in [0.15, 0.2) is 15.7 Å². The van der Waals surface area contributed by atoms with Gasteiger partial charge in [0.05, 0.1) is 5.75 Å². The minimum absolute atomic E-state index is 0.0371. The number of hydrogen-bond donors (Lipinski definition) is 3. The average molecular weight is 293 g/mol. The molecule has 1 unspecified atom stereocenters. The number of nitrogens with zero attached hydrogens (tertiary/aromatic N) is 1. The summed E-state index contributed by atoms with van der Waals surface area (Å²) in [6.45, 7) is 4.18. The molecule has 0 fully saturated rings. The second-order valence-corrected chi connectivity index (χ2v) is 7.03. The summed E-state index contributed by atoms with van der Waals surface area (Å²) in [6.07, 6.45) is 0.532. The molecule has 0 aliphatic heterocycles. The van der Waals surface area contributed by atoms with Crippen LogP contribution in [0.2, 0.25) is 0 Å². The lowest BCUT2D eigenvalue weighted by Crippen LogP contribution is -2.16. The first-order valence-corrected chi connectivity index (χ1v) is 8.17. The Morgan fingerprint density at radius 2 is 2.22 bits per heavy atom. The van der Waals surface area contributed by atoms with Crippen LogP contribution in [0.4, 0.5) is 10.8 Å². The predicted molar refractivity (Wildman–Crippen MR) is 73.6 cm³/mol. The van der Waals surface area contributed by atoms with Crippen LogP contribution in [-0.2, 0) is 9.84 Å². The molecule has 0 saturated carbocycles. The van der Waals surface area contributed by atoms with Gasteiger partial charge in [0.1, 0.15) is 9.90 Å². The Hall–Kier alpha value is -0.860. The summed E-state index contributed by atoms with van der Waals surface area (Å²) in [5.41, 5.74) is 5.63. The maximum absolute atomic E-state index is 12.0. The molecule has 6 nitrogen and oxygen atoms in total. The molecule has 1 rings (SSSR count). The van der Waals surface area contributed by atoms with Crippen LogP contribution < -0.4 is 11.1 Å². The van der Waals surface area contributed by atoms with Gasteiger partial charge in [-0.1, -0.05) is 13.8 Å². The number of sulfone groups is 1. The molecular weight excluding hydrogens is 274 g/mol. The molecule has 8 heteroatoms. The first-order chi connectivity index (χ1) is 8.42. The quantitative estimate of drug-likeness (QED) is 0.691. The zero-order chi connectivity index (χ0) is 13.8. The summed E-state index contributed by atoms with van der Waals surface area (Å²) < 4.78 is 28.0. The van der Waals surface area contributed by atoms with Crippen molar-refractivity contribution in [2.24, 2.45) is 5.92 Å². The lowest BCUT2D eigenvalue weighted by molar-refractivity contribution is 0.244. The van der Waals surface area contributed by atoms with Crippen LogP contribution in [0.1, 0.15) is 20.3 Å². The van der Waals surface area contributed by atoms with E-state index in [-0.39, 0.29) is 29.0 Å². The van der Waals surface area contributed by atoms with Crippen molar-refractivity contribution in [1.29, 1.82) is 0 Å². The van der Waals surface area contributed by atoms with Crippen molar-refractivity contribution in [2.75, 3.05) is 30.0 Å². The molecule has 0 aliphatic rings. The lowest BCUT2D eigenvalue weighted by atomic mass is 10.2. The second kappa shape index (κ2) is 6.35. The van der Waals surface area contributed by atoms with E-state index in [1.54, 1.807) is 6.92 Å². The number of aliphatic hydroxyl groups excluding tert-OH is 1. The fourth-order valence-electron chi connectivity index (χ4n) is 1.41. The normalized spacial score (nSPS) is 13.5. The van der Waals surface area contributed by atoms with Gasteiger partial charge in [-0.15, -0.1) is 0 Å². The molecule has 1 atom stereocenters. The molecule has 1 aromatic heterocycles. The van der Waals surface area contributed by atoms with Crippen molar-refractivity contribution in [3.8, 4) is 0 Å². The fourth-order valence-corrected chi connectivity index (χ4v) is 4.04. The number of rotatable bonds is 7. The van der Waals surface area contributed by atoms with Crippen LogP contribution in [0.15, 0.2) is 4.90 Å². The van der Waals surface area contributed by atoms with E-state index in [0.29, 0.717) is 18.0 Å². The molecule has 0 aromatic carbocycles. The van der Waals surface area contributed by atoms with Crippen molar-refractivity contribution < 1.29 is 13.5 Å². The smallest absolute Gasteiger partial charge is 0.185 e. The maximum Gasteiger partial charge on any atom is 0.185 e. The van der Waals surface area contributed by atoms with E-state index < -0.39 is 9.84 Å². The van der Waals surface area contributed by atoms with Crippen LogP contribution in [-0.4, -0.2) is 36.8 Å². The van der Waals surface area contributed by atoms with Crippen molar-refractivity contribution in [2.45, 2.75) is 25.2 Å². The second-order valence-electron chi connectivity index (χ2n) is 4.21. The predicted octanol–water partition coefficient (Wildman–Crippen LogP) is 0.949. The SMILES string of the molecule is CCCS(=O)(=O)c1c(N)nsc1NCC(C)CO. The summed E-state index contributed by atoms with van der Waals surface area (Å²) in [7, 11) is -3.39. The van der Waals surface area contributed by atoms with E-state index in [4.69, 9.17) is 10.8 Å². The van der Waals surface area contributed by atoms with Crippen LogP contribution in [0.5, 0.6) is 0 Å². The molecule has 4 N–H and O–H groups in total. The standard InChI is InChI=1S/C10H19N3O3S2/c1-3-4-18(15,16)8-9(11)13-17-10(8)12-5-7(2)6-14/h7,12,14H,3-6H2,1-2H3,(H2,11,13). The Morgan fingerprint density at radius 3 is 2.78 bits per heavy atom. The highest BCUT2D eigenvalue weighted by atomic mass is 32.2. The summed E-state index contributed by atoms with van der Waals surface area (Å²) in [5.74, 6) is 0.141.